The van der Waals surface area contributed by atoms with Crippen molar-refractivity contribution in [3.05, 3.63) is 41.1 Å². The highest BCUT2D eigenvalue weighted by Crippen LogP contribution is 2.42. The van der Waals surface area contributed by atoms with Crippen molar-refractivity contribution < 1.29 is 27.5 Å². The number of alkyl halides is 3. The number of anilines is 1. The van der Waals surface area contributed by atoms with Crippen LogP contribution >= 0.6 is 0 Å². The Morgan fingerprint density at radius 2 is 2.05 bits per heavy atom. The fourth-order valence-corrected chi connectivity index (χ4v) is 5.72. The molecule has 0 spiro atoms. The second kappa shape index (κ2) is 9.49. The Morgan fingerprint density at radius 3 is 2.75 bits per heavy atom. The molecule has 3 aliphatic rings. The summed E-state index contributed by atoms with van der Waals surface area (Å²) >= 11 is 0. The summed E-state index contributed by atoms with van der Waals surface area (Å²) in [6.07, 6.45) is 1.18. The van der Waals surface area contributed by atoms with E-state index in [0.717, 1.165) is 31.7 Å². The zero-order valence-electron chi connectivity index (χ0n) is 21.7. The molecule has 40 heavy (non-hydrogen) atoms. The van der Waals surface area contributed by atoms with Crippen LogP contribution in [0.3, 0.4) is 0 Å². The number of nitrogen functional groups attached to an aromatic ring is 1. The number of rotatable bonds is 6. The molecule has 0 saturated heterocycles. The van der Waals surface area contributed by atoms with Crippen LogP contribution in [0.25, 0.3) is 16.9 Å². The van der Waals surface area contributed by atoms with E-state index in [0.29, 0.717) is 35.6 Å². The first kappa shape index (κ1) is 26.1. The minimum atomic E-state index is -5.00. The Balaban J connectivity index is 1.38. The number of nitrogens with one attached hydrogen (secondary N) is 2. The summed E-state index contributed by atoms with van der Waals surface area (Å²) < 4.78 is 45.8. The summed E-state index contributed by atoms with van der Waals surface area (Å²) in [4.78, 5) is 32.5. The topological polar surface area (TPSA) is 139 Å². The van der Waals surface area contributed by atoms with Crippen LogP contribution in [0.4, 0.5) is 19.0 Å². The minimum absolute atomic E-state index is 0.0432. The van der Waals surface area contributed by atoms with Gasteiger partial charge in [0.15, 0.2) is 11.5 Å². The molecule has 13 heteroatoms. The molecule has 2 amide bonds. The first-order valence-electron chi connectivity index (χ1n) is 13.2. The molecule has 2 aliphatic carbocycles. The maximum Gasteiger partial charge on any atom is 0.573 e. The average Bonchev–Trinajstić information content (AvgIpc) is 3.59. The van der Waals surface area contributed by atoms with Gasteiger partial charge in [0.2, 0.25) is 0 Å². The largest absolute Gasteiger partial charge is 0.573 e. The molecule has 10 nitrogen and oxygen atoms in total. The van der Waals surface area contributed by atoms with Crippen LogP contribution in [0.2, 0.25) is 0 Å². The van der Waals surface area contributed by atoms with Gasteiger partial charge in [0.05, 0.1) is 11.3 Å². The van der Waals surface area contributed by atoms with Gasteiger partial charge in [-0.2, -0.15) is 0 Å². The number of nitrogens with two attached hydrogens (primary N) is 1. The van der Waals surface area contributed by atoms with E-state index in [1.54, 1.807) is 17.0 Å². The molecule has 2 fully saturated rings. The minimum Gasteiger partial charge on any atom is -0.405 e. The second-order valence-electron chi connectivity index (χ2n) is 10.8. The van der Waals surface area contributed by atoms with E-state index < -0.39 is 23.9 Å². The number of hydrogen-bond acceptors (Lipinski definition) is 7. The number of carbonyl (C=O) groups is 2. The number of fused-ring (bicyclic) bond motifs is 2. The summed E-state index contributed by atoms with van der Waals surface area (Å²) in [7, 11) is 0. The normalized spacial score (nSPS) is 20.1. The lowest BCUT2D eigenvalue weighted by Gasteiger charge is -2.24. The summed E-state index contributed by atoms with van der Waals surface area (Å²) in [6, 6.07) is 4.04. The molecular weight excluding hydrogens is 527 g/mol. The number of hydrogen-bond donors (Lipinski definition) is 3. The zero-order valence-corrected chi connectivity index (χ0v) is 21.7. The van der Waals surface area contributed by atoms with Crippen molar-refractivity contribution in [3.8, 4) is 17.0 Å². The molecule has 4 N–H and O–H groups in total. The Morgan fingerprint density at radius 1 is 1.27 bits per heavy atom. The maximum atomic E-state index is 13.4. The lowest BCUT2D eigenvalue weighted by atomic mass is 9.93. The molecule has 3 heterocycles. The van der Waals surface area contributed by atoms with Crippen LogP contribution in [0.5, 0.6) is 5.75 Å². The van der Waals surface area contributed by atoms with Crippen LogP contribution in [0.1, 0.15) is 71.7 Å². The Kier molecular flexibility index (Phi) is 6.19. The van der Waals surface area contributed by atoms with E-state index in [4.69, 9.17) is 11.1 Å². The van der Waals surface area contributed by atoms with Gasteiger partial charge >= 0.3 is 6.36 Å². The SMILES string of the molecule is C[C@@H](C1CC1)N1Cc2cc(-c3ccn4nc(N)c(C(=O)N[C@@H]5CCCC(=N)C5)c4n3)cc(OC(F)(F)F)c2C1=O. The van der Waals surface area contributed by atoms with Crippen molar-refractivity contribution in [1.82, 2.24) is 24.8 Å². The third kappa shape index (κ3) is 4.84. The molecule has 2 saturated carbocycles. The zero-order chi connectivity index (χ0) is 28.3. The van der Waals surface area contributed by atoms with Gasteiger partial charge in [0.25, 0.3) is 11.8 Å². The van der Waals surface area contributed by atoms with E-state index >= 15 is 0 Å². The number of carbonyl (C=O) groups excluding carboxylic acids is 2. The quantitative estimate of drug-likeness (QED) is 0.414. The van der Waals surface area contributed by atoms with E-state index in [-0.39, 0.29) is 46.9 Å². The number of aromatic nitrogens is 3. The first-order chi connectivity index (χ1) is 19.0. The summed E-state index contributed by atoms with van der Waals surface area (Å²) in [5.74, 6) is -1.25. The Bertz CT molecular complexity index is 1550. The standard InChI is InChI=1S/C27H28F3N7O3/c1-13(14-5-6-14)36-12-16-9-15(10-20(21(16)26(36)39)40-27(28,29)30)19-7-8-37-24(34-19)22(23(32)35-37)25(38)33-18-4-2-3-17(31)11-18/h7-10,13-14,18,31H,2-6,11-12H2,1H3,(H2,32,35)(H,33,38)/t13-,18+/m0/s1. The van der Waals surface area contributed by atoms with Crippen LogP contribution in [0.15, 0.2) is 24.4 Å². The molecule has 6 rings (SSSR count). The van der Waals surface area contributed by atoms with Gasteiger partial charge in [-0.05, 0) is 68.7 Å². The monoisotopic (exact) mass is 555 g/mol. The van der Waals surface area contributed by atoms with E-state index in [2.05, 4.69) is 20.1 Å². The van der Waals surface area contributed by atoms with Gasteiger partial charge in [-0.1, -0.05) is 0 Å². The molecule has 2 atom stereocenters. The number of halogens is 3. The number of ether oxygens (including phenoxy) is 1. The average molecular weight is 556 g/mol. The van der Waals surface area contributed by atoms with Crippen molar-refractivity contribution in [2.45, 2.75) is 70.4 Å². The highest BCUT2D eigenvalue weighted by molar-refractivity contribution is 6.05. The molecule has 0 bridgehead atoms. The van der Waals surface area contributed by atoms with E-state index in [1.807, 2.05) is 6.92 Å². The number of benzene rings is 1. The predicted octanol–water partition coefficient (Wildman–Crippen LogP) is 4.32. The summed E-state index contributed by atoms with van der Waals surface area (Å²) in [5.41, 5.74) is 7.70. The fourth-order valence-electron chi connectivity index (χ4n) is 5.72. The third-order valence-electron chi connectivity index (χ3n) is 7.91. The highest BCUT2D eigenvalue weighted by atomic mass is 19.4. The Hall–Kier alpha value is -4.16. The molecule has 1 aromatic carbocycles. The van der Waals surface area contributed by atoms with Gasteiger partial charge in [0.1, 0.15) is 11.3 Å². The van der Waals surface area contributed by atoms with Crippen LogP contribution in [-0.4, -0.2) is 55.5 Å². The molecule has 2 aromatic heterocycles. The summed E-state index contributed by atoms with van der Waals surface area (Å²) in [6.45, 7) is 2.08. The Labute approximate surface area is 227 Å². The van der Waals surface area contributed by atoms with Gasteiger partial charge in [-0.25, -0.2) is 9.50 Å². The molecule has 210 valence electrons. The number of amides is 2. The third-order valence-corrected chi connectivity index (χ3v) is 7.91. The van der Waals surface area contributed by atoms with Crippen molar-refractivity contribution in [3.63, 3.8) is 0 Å². The lowest BCUT2D eigenvalue weighted by molar-refractivity contribution is -0.274. The lowest BCUT2D eigenvalue weighted by Crippen LogP contribution is -2.38. The smallest absolute Gasteiger partial charge is 0.405 e. The van der Waals surface area contributed by atoms with Gasteiger partial charge in [0, 0.05) is 42.5 Å². The van der Waals surface area contributed by atoms with Crippen LogP contribution < -0.4 is 15.8 Å². The molecule has 3 aromatic rings. The van der Waals surface area contributed by atoms with Crippen molar-refractivity contribution >= 4 is 29.0 Å². The van der Waals surface area contributed by atoms with Crippen LogP contribution in [-0.2, 0) is 6.54 Å². The highest BCUT2D eigenvalue weighted by Gasteiger charge is 2.42. The second-order valence-corrected chi connectivity index (χ2v) is 10.8. The van der Waals surface area contributed by atoms with Gasteiger partial charge in [-0.3, -0.25) is 9.59 Å². The van der Waals surface area contributed by atoms with Crippen molar-refractivity contribution in [2.24, 2.45) is 5.92 Å². The van der Waals surface area contributed by atoms with Crippen molar-refractivity contribution in [2.75, 3.05) is 5.73 Å². The van der Waals surface area contributed by atoms with E-state index in [1.165, 1.54) is 10.7 Å². The van der Waals surface area contributed by atoms with Gasteiger partial charge in [-0.15, -0.1) is 18.3 Å². The van der Waals surface area contributed by atoms with E-state index in [9.17, 15) is 22.8 Å². The molecule has 0 unspecified atom stereocenters. The molecule has 1 aliphatic heterocycles. The van der Waals surface area contributed by atoms with Crippen molar-refractivity contribution in [1.29, 1.82) is 5.41 Å². The maximum absolute atomic E-state index is 13.4. The van der Waals surface area contributed by atoms with Gasteiger partial charge < -0.3 is 26.1 Å². The predicted molar refractivity (Wildman–Crippen MR) is 139 cm³/mol. The molecular formula is C27H28F3N7O3. The fraction of sp³-hybridized carbons (Fsp3) is 0.444. The van der Waals surface area contributed by atoms with Crippen LogP contribution in [0, 0.1) is 11.3 Å². The number of nitrogens with zero attached hydrogens (tertiary/aromatic N) is 4. The first-order valence-corrected chi connectivity index (χ1v) is 13.2. The molecule has 0 radical (unpaired) electrons. The summed E-state index contributed by atoms with van der Waals surface area (Å²) in [5, 5.41) is 15.0.